The van der Waals surface area contributed by atoms with Crippen LogP contribution in [0.2, 0.25) is 0 Å². The summed E-state index contributed by atoms with van der Waals surface area (Å²) in [6.07, 6.45) is 0.754. The largest absolute Gasteiger partial charge is 0.367 e. The molecule has 1 heterocycles. The molecular weight excluding hydrogens is 310 g/mol. The van der Waals surface area contributed by atoms with Crippen molar-refractivity contribution in [3.05, 3.63) is 59.7 Å². The highest BCUT2D eigenvalue weighted by Gasteiger charge is 2.06. The normalized spacial score (nSPS) is 10.4. The molecule has 0 bridgehead atoms. The first-order chi connectivity index (χ1) is 11.3. The predicted molar refractivity (Wildman–Crippen MR) is 92.3 cm³/mol. The van der Waals surface area contributed by atoms with E-state index in [1.165, 1.54) is 11.5 Å². The molecular formula is C17H15N3O2S. The molecule has 0 fully saturated rings. The van der Waals surface area contributed by atoms with E-state index >= 15 is 0 Å². The van der Waals surface area contributed by atoms with Gasteiger partial charge in [-0.15, -0.1) is 0 Å². The van der Waals surface area contributed by atoms with Gasteiger partial charge in [0.1, 0.15) is 12.1 Å². The van der Waals surface area contributed by atoms with Crippen LogP contribution in [0, 0.1) is 0 Å². The van der Waals surface area contributed by atoms with Gasteiger partial charge in [-0.25, -0.2) is 0 Å². The van der Waals surface area contributed by atoms with E-state index in [0.29, 0.717) is 24.2 Å². The molecule has 5 nitrogen and oxygen atoms in total. The van der Waals surface area contributed by atoms with E-state index in [1.54, 1.807) is 24.3 Å². The van der Waals surface area contributed by atoms with Gasteiger partial charge in [0, 0.05) is 29.6 Å². The Morgan fingerprint density at radius 3 is 2.65 bits per heavy atom. The number of aromatic nitrogens is 1. The number of nitrogens with one attached hydrogen (secondary N) is 2. The van der Waals surface area contributed by atoms with E-state index in [4.69, 9.17) is 0 Å². The molecule has 3 rings (SSSR count). The number of carbonyl (C=O) groups is 2. The van der Waals surface area contributed by atoms with Crippen LogP contribution in [0.1, 0.15) is 20.7 Å². The molecule has 0 atom stereocenters. The van der Waals surface area contributed by atoms with E-state index in [2.05, 4.69) is 15.0 Å². The van der Waals surface area contributed by atoms with E-state index in [-0.39, 0.29) is 5.91 Å². The van der Waals surface area contributed by atoms with Crippen molar-refractivity contribution in [2.24, 2.45) is 0 Å². The van der Waals surface area contributed by atoms with Crippen LogP contribution in [0.4, 0.5) is 5.82 Å². The van der Waals surface area contributed by atoms with Gasteiger partial charge in [-0.1, -0.05) is 24.3 Å². The van der Waals surface area contributed by atoms with Crippen molar-refractivity contribution in [3.8, 4) is 0 Å². The number of fused-ring (bicyclic) bond motifs is 1. The van der Waals surface area contributed by atoms with Gasteiger partial charge in [0.05, 0.1) is 4.70 Å². The molecule has 0 aliphatic heterocycles. The van der Waals surface area contributed by atoms with Crippen LogP contribution < -0.4 is 10.6 Å². The number of anilines is 1. The highest BCUT2D eigenvalue weighted by Crippen LogP contribution is 2.25. The van der Waals surface area contributed by atoms with Crippen LogP contribution in [0.5, 0.6) is 0 Å². The van der Waals surface area contributed by atoms with Crippen molar-refractivity contribution in [1.29, 1.82) is 0 Å². The molecule has 2 N–H and O–H groups in total. The summed E-state index contributed by atoms with van der Waals surface area (Å²) in [6, 6.07) is 14.5. The topological polar surface area (TPSA) is 71.1 Å². The van der Waals surface area contributed by atoms with Crippen molar-refractivity contribution in [1.82, 2.24) is 9.69 Å². The third-order valence-corrected chi connectivity index (χ3v) is 4.22. The maximum absolute atomic E-state index is 12.0. The zero-order valence-corrected chi connectivity index (χ0v) is 13.1. The summed E-state index contributed by atoms with van der Waals surface area (Å²) in [7, 11) is 0. The maximum atomic E-state index is 12.0. The Bertz CT molecular complexity index is 827. The molecule has 3 aromatic rings. The van der Waals surface area contributed by atoms with Crippen LogP contribution >= 0.6 is 11.5 Å². The quantitative estimate of drug-likeness (QED) is 0.540. The number of amides is 1. The lowest BCUT2D eigenvalue weighted by molar-refractivity contribution is 0.0954. The first-order valence-electron chi connectivity index (χ1n) is 7.19. The standard InChI is InChI=1S/C17H15N3O2S/c21-11-12-5-7-13(8-6-12)17(22)19-10-9-18-16-14-3-1-2-4-15(14)23-20-16/h1-8,11H,9-10H2,(H,18,20)(H,19,22). The highest BCUT2D eigenvalue weighted by molar-refractivity contribution is 7.13. The molecule has 1 aromatic heterocycles. The monoisotopic (exact) mass is 325 g/mol. The third-order valence-electron chi connectivity index (χ3n) is 3.39. The summed E-state index contributed by atoms with van der Waals surface area (Å²) in [4.78, 5) is 22.6. The molecule has 0 saturated carbocycles. The van der Waals surface area contributed by atoms with Gasteiger partial charge < -0.3 is 10.6 Å². The molecule has 0 spiro atoms. The van der Waals surface area contributed by atoms with E-state index in [0.717, 1.165) is 22.2 Å². The van der Waals surface area contributed by atoms with Gasteiger partial charge in [-0.05, 0) is 35.8 Å². The first kappa shape index (κ1) is 15.2. The Morgan fingerprint density at radius 1 is 1.09 bits per heavy atom. The van der Waals surface area contributed by atoms with Crippen molar-refractivity contribution in [3.63, 3.8) is 0 Å². The number of aldehydes is 1. The first-order valence-corrected chi connectivity index (χ1v) is 7.97. The average Bonchev–Trinajstić information content (AvgIpc) is 3.02. The SMILES string of the molecule is O=Cc1ccc(C(=O)NCCNc2nsc3ccccc23)cc1. The lowest BCUT2D eigenvalue weighted by Gasteiger charge is -2.06. The van der Waals surface area contributed by atoms with Crippen molar-refractivity contribution < 1.29 is 9.59 Å². The molecule has 0 aliphatic carbocycles. The molecule has 6 heteroatoms. The fraction of sp³-hybridized carbons (Fsp3) is 0.118. The van der Waals surface area contributed by atoms with E-state index < -0.39 is 0 Å². The summed E-state index contributed by atoms with van der Waals surface area (Å²) in [6.45, 7) is 1.08. The van der Waals surface area contributed by atoms with Crippen molar-refractivity contribution in [2.75, 3.05) is 18.4 Å². The summed E-state index contributed by atoms with van der Waals surface area (Å²) < 4.78 is 5.51. The molecule has 0 unspecified atom stereocenters. The van der Waals surface area contributed by atoms with Crippen LogP contribution in [0.3, 0.4) is 0 Å². The average molecular weight is 325 g/mol. The van der Waals surface area contributed by atoms with Crippen molar-refractivity contribution >= 4 is 39.6 Å². The van der Waals surface area contributed by atoms with Gasteiger partial charge in [-0.3, -0.25) is 9.59 Å². The van der Waals surface area contributed by atoms with E-state index in [9.17, 15) is 9.59 Å². The van der Waals surface area contributed by atoms with Gasteiger partial charge in [0.15, 0.2) is 0 Å². The Hall–Kier alpha value is -2.73. The number of rotatable bonds is 6. The maximum Gasteiger partial charge on any atom is 0.251 e. The lowest BCUT2D eigenvalue weighted by Crippen LogP contribution is -2.28. The van der Waals surface area contributed by atoms with Gasteiger partial charge in [0.25, 0.3) is 5.91 Å². The Balaban J connectivity index is 1.51. The third kappa shape index (κ3) is 3.54. The lowest BCUT2D eigenvalue weighted by atomic mass is 10.1. The molecule has 0 saturated heterocycles. The minimum Gasteiger partial charge on any atom is -0.367 e. The second-order valence-corrected chi connectivity index (χ2v) is 5.75. The molecule has 0 aliphatic rings. The van der Waals surface area contributed by atoms with Crippen LogP contribution in [0.25, 0.3) is 10.1 Å². The molecule has 23 heavy (non-hydrogen) atoms. The van der Waals surface area contributed by atoms with Gasteiger partial charge in [0.2, 0.25) is 0 Å². The summed E-state index contributed by atoms with van der Waals surface area (Å²) in [5.41, 5.74) is 1.09. The van der Waals surface area contributed by atoms with Crippen molar-refractivity contribution in [2.45, 2.75) is 0 Å². The molecule has 2 aromatic carbocycles. The predicted octanol–water partition coefficient (Wildman–Crippen LogP) is 2.95. The van der Waals surface area contributed by atoms with Crippen LogP contribution in [-0.4, -0.2) is 29.7 Å². The fourth-order valence-corrected chi connectivity index (χ4v) is 2.94. The molecule has 0 radical (unpaired) electrons. The van der Waals surface area contributed by atoms with Crippen LogP contribution in [-0.2, 0) is 0 Å². The minimum atomic E-state index is -0.160. The van der Waals surface area contributed by atoms with E-state index in [1.807, 2.05) is 24.3 Å². The van der Waals surface area contributed by atoms with Crippen LogP contribution in [0.15, 0.2) is 48.5 Å². The highest BCUT2D eigenvalue weighted by atomic mass is 32.1. The summed E-state index contributed by atoms with van der Waals surface area (Å²) >= 11 is 1.45. The summed E-state index contributed by atoms with van der Waals surface area (Å²) in [5, 5.41) is 7.15. The number of hydrogen-bond acceptors (Lipinski definition) is 5. The minimum absolute atomic E-state index is 0.160. The molecule has 116 valence electrons. The van der Waals surface area contributed by atoms with Gasteiger partial charge >= 0.3 is 0 Å². The second-order valence-electron chi connectivity index (χ2n) is 4.95. The number of hydrogen-bond donors (Lipinski definition) is 2. The fourth-order valence-electron chi connectivity index (χ4n) is 2.19. The number of carbonyl (C=O) groups excluding carboxylic acids is 2. The zero-order chi connectivity index (χ0) is 16.1. The van der Waals surface area contributed by atoms with Gasteiger partial charge in [-0.2, -0.15) is 4.37 Å². The smallest absolute Gasteiger partial charge is 0.251 e. The second kappa shape index (κ2) is 7.02. The summed E-state index contributed by atoms with van der Waals surface area (Å²) in [5.74, 6) is 0.683. The number of nitrogens with zero attached hydrogens (tertiary/aromatic N) is 1. The Kier molecular flexibility index (Phi) is 4.63. The Labute approximate surface area is 137 Å². The molecule has 1 amide bonds. The number of benzene rings is 2. The zero-order valence-electron chi connectivity index (χ0n) is 12.3. The Morgan fingerprint density at radius 2 is 1.87 bits per heavy atom.